The van der Waals surface area contributed by atoms with Crippen LogP contribution in [0.25, 0.3) is 0 Å². The van der Waals surface area contributed by atoms with Gasteiger partial charge in [0.2, 0.25) is 5.91 Å². The van der Waals surface area contributed by atoms with Crippen LogP contribution in [0.1, 0.15) is 40.5 Å². The molecule has 0 aromatic heterocycles. The largest absolute Gasteiger partial charge is 0.748 e. The lowest BCUT2D eigenvalue weighted by atomic mass is 10.1. The van der Waals surface area contributed by atoms with E-state index in [1.807, 2.05) is 6.92 Å². The minimum atomic E-state index is -4.15. The minimum absolute atomic E-state index is 0.0306. The molecule has 0 aliphatic heterocycles. The van der Waals surface area contributed by atoms with Crippen LogP contribution < -0.4 is 5.32 Å². The smallest absolute Gasteiger partial charge is 0.246 e. The van der Waals surface area contributed by atoms with Gasteiger partial charge >= 0.3 is 0 Å². The Hall–Kier alpha value is -0.920. The van der Waals surface area contributed by atoms with E-state index in [2.05, 4.69) is 25.7 Å². The van der Waals surface area contributed by atoms with Crippen molar-refractivity contribution in [2.75, 3.05) is 31.9 Å². The summed E-state index contributed by atoms with van der Waals surface area (Å²) in [6, 6.07) is 0.0306. The van der Waals surface area contributed by atoms with Crippen molar-refractivity contribution in [2.24, 2.45) is 0 Å². The number of rotatable bonds is 11. The molecule has 0 aromatic carbocycles. The maximum Gasteiger partial charge on any atom is 0.246 e. The number of hydrogen-bond donors (Lipinski definition) is 1. The zero-order valence-corrected chi connectivity index (χ0v) is 15.0. The van der Waals surface area contributed by atoms with Crippen molar-refractivity contribution >= 4 is 16.0 Å². The van der Waals surface area contributed by atoms with Gasteiger partial charge in [-0.25, -0.2) is 8.42 Å². The maximum absolute atomic E-state index is 11.6. The second-order valence-corrected chi connectivity index (χ2v) is 7.50. The SMILES string of the molecule is C=C(C)C(=O)NC(C)CC[N+](CC)(CC)CCCS(=O)(=O)[O-]. The number of hydrogen-bond acceptors (Lipinski definition) is 4. The molecule has 1 N–H and O–H groups in total. The first kappa shape index (κ1) is 21.1. The molecule has 0 heterocycles. The number of amides is 1. The highest BCUT2D eigenvalue weighted by Gasteiger charge is 2.24. The van der Waals surface area contributed by atoms with E-state index in [4.69, 9.17) is 0 Å². The molecule has 0 saturated carbocycles. The molecule has 0 spiro atoms. The van der Waals surface area contributed by atoms with Crippen molar-refractivity contribution in [2.45, 2.75) is 46.6 Å². The number of nitrogens with zero attached hydrogens (tertiary/aromatic N) is 1. The van der Waals surface area contributed by atoms with Crippen LogP contribution in [-0.4, -0.2) is 61.3 Å². The van der Waals surface area contributed by atoms with E-state index in [9.17, 15) is 17.8 Å². The van der Waals surface area contributed by atoms with Crippen LogP contribution in [0.4, 0.5) is 0 Å². The molecule has 0 saturated heterocycles. The first-order valence-electron chi connectivity index (χ1n) is 7.80. The fourth-order valence-electron chi connectivity index (χ4n) is 2.43. The van der Waals surface area contributed by atoms with E-state index in [1.54, 1.807) is 6.92 Å². The van der Waals surface area contributed by atoms with Gasteiger partial charge in [-0.3, -0.25) is 4.79 Å². The summed E-state index contributed by atoms with van der Waals surface area (Å²) in [6.07, 6.45) is 1.17. The average Bonchev–Trinajstić information content (AvgIpc) is 2.41. The molecule has 0 rings (SSSR count). The van der Waals surface area contributed by atoms with Gasteiger partial charge in [0, 0.05) is 30.2 Å². The molecule has 0 bridgehead atoms. The van der Waals surface area contributed by atoms with E-state index in [1.165, 1.54) is 0 Å². The number of quaternary nitrogens is 1. The van der Waals surface area contributed by atoms with Crippen LogP contribution in [0.2, 0.25) is 0 Å². The van der Waals surface area contributed by atoms with Crippen LogP contribution in [0.3, 0.4) is 0 Å². The summed E-state index contributed by atoms with van der Waals surface area (Å²) in [6.45, 7) is 14.6. The lowest BCUT2D eigenvalue weighted by Crippen LogP contribution is -2.51. The van der Waals surface area contributed by atoms with Gasteiger partial charge in [0.1, 0.15) is 0 Å². The Balaban J connectivity index is 4.49. The summed E-state index contributed by atoms with van der Waals surface area (Å²) < 4.78 is 32.9. The summed E-state index contributed by atoms with van der Waals surface area (Å²) >= 11 is 0. The Bertz CT molecular complexity index is 470. The molecule has 0 fully saturated rings. The van der Waals surface area contributed by atoms with Gasteiger partial charge in [0.15, 0.2) is 0 Å². The van der Waals surface area contributed by atoms with Crippen molar-refractivity contribution in [1.82, 2.24) is 5.32 Å². The third kappa shape index (κ3) is 8.51. The molecule has 0 aliphatic rings. The molecule has 6 nitrogen and oxygen atoms in total. The number of nitrogens with one attached hydrogen (secondary N) is 1. The second-order valence-electron chi connectivity index (χ2n) is 5.98. The molecule has 0 aliphatic carbocycles. The van der Waals surface area contributed by atoms with Gasteiger partial charge in [0.05, 0.1) is 36.3 Å². The normalized spacial score (nSPS) is 13.7. The second kappa shape index (κ2) is 9.27. The standard InChI is InChI=1S/C15H30N2O4S/c1-6-17(7-2,10-8-12-22(19,20)21)11-9-14(5)16-15(18)13(3)4/h14H,3,6-12H2,1-2,4-5H3,(H-,16,18,19,20,21). The zero-order valence-electron chi connectivity index (χ0n) is 14.2. The van der Waals surface area contributed by atoms with Gasteiger partial charge in [-0.05, 0) is 27.7 Å². The Kier molecular flexibility index (Phi) is 8.88. The van der Waals surface area contributed by atoms with Crippen LogP contribution in [0.5, 0.6) is 0 Å². The molecule has 1 atom stereocenters. The predicted molar refractivity (Wildman–Crippen MR) is 87.3 cm³/mol. The van der Waals surface area contributed by atoms with Crippen molar-refractivity contribution in [3.63, 3.8) is 0 Å². The van der Waals surface area contributed by atoms with E-state index in [-0.39, 0.29) is 17.7 Å². The molecule has 0 radical (unpaired) electrons. The first-order valence-corrected chi connectivity index (χ1v) is 9.38. The topological polar surface area (TPSA) is 86.3 Å². The predicted octanol–water partition coefficient (Wildman–Crippen LogP) is 1.25. The van der Waals surface area contributed by atoms with Crippen LogP contribution in [0.15, 0.2) is 12.2 Å². The summed E-state index contributed by atoms with van der Waals surface area (Å²) in [5, 5.41) is 2.89. The zero-order chi connectivity index (χ0) is 17.4. The third-order valence-electron chi connectivity index (χ3n) is 4.17. The van der Waals surface area contributed by atoms with Gasteiger partial charge < -0.3 is 14.4 Å². The van der Waals surface area contributed by atoms with Crippen molar-refractivity contribution < 1.29 is 22.2 Å². The molecular weight excluding hydrogens is 304 g/mol. The van der Waals surface area contributed by atoms with Crippen LogP contribution in [-0.2, 0) is 14.9 Å². The fourth-order valence-corrected chi connectivity index (χ4v) is 2.91. The molecule has 0 aromatic rings. The molecule has 1 amide bonds. The Morgan fingerprint density at radius 2 is 1.82 bits per heavy atom. The Morgan fingerprint density at radius 1 is 1.27 bits per heavy atom. The summed E-state index contributed by atoms with van der Waals surface area (Å²) in [7, 11) is -4.15. The molecular formula is C15H30N2O4S. The lowest BCUT2D eigenvalue weighted by Gasteiger charge is -2.38. The van der Waals surface area contributed by atoms with Gasteiger partial charge in [-0.15, -0.1) is 0 Å². The highest BCUT2D eigenvalue weighted by Crippen LogP contribution is 2.11. The number of carbonyl (C=O) groups excluding carboxylic acids is 1. The fraction of sp³-hybridized carbons (Fsp3) is 0.800. The highest BCUT2D eigenvalue weighted by atomic mass is 32.2. The van der Waals surface area contributed by atoms with Crippen molar-refractivity contribution in [1.29, 1.82) is 0 Å². The van der Waals surface area contributed by atoms with Crippen LogP contribution in [0, 0.1) is 0 Å². The summed E-state index contributed by atoms with van der Waals surface area (Å²) in [5.74, 6) is -0.453. The van der Waals surface area contributed by atoms with E-state index in [0.29, 0.717) is 18.5 Å². The van der Waals surface area contributed by atoms with Crippen molar-refractivity contribution in [3.8, 4) is 0 Å². The van der Waals surface area contributed by atoms with Crippen molar-refractivity contribution in [3.05, 3.63) is 12.2 Å². The molecule has 22 heavy (non-hydrogen) atoms. The molecule has 130 valence electrons. The molecule has 7 heteroatoms. The summed E-state index contributed by atoms with van der Waals surface area (Å²) in [4.78, 5) is 11.6. The summed E-state index contributed by atoms with van der Waals surface area (Å²) in [5.41, 5.74) is 0.485. The first-order chi connectivity index (χ1) is 10.0. The quantitative estimate of drug-likeness (QED) is 0.350. The highest BCUT2D eigenvalue weighted by molar-refractivity contribution is 7.85. The Labute approximate surface area is 134 Å². The maximum atomic E-state index is 11.6. The van der Waals surface area contributed by atoms with Gasteiger partial charge in [-0.2, -0.15) is 0 Å². The number of carbonyl (C=O) groups is 1. The van der Waals surface area contributed by atoms with E-state index < -0.39 is 10.1 Å². The monoisotopic (exact) mass is 334 g/mol. The molecule has 1 unspecified atom stereocenters. The van der Waals surface area contributed by atoms with Crippen LogP contribution >= 0.6 is 0 Å². The van der Waals surface area contributed by atoms with E-state index >= 15 is 0 Å². The Morgan fingerprint density at radius 3 is 2.23 bits per heavy atom. The van der Waals surface area contributed by atoms with Gasteiger partial charge in [0.25, 0.3) is 0 Å². The van der Waals surface area contributed by atoms with E-state index in [0.717, 1.165) is 30.5 Å². The lowest BCUT2D eigenvalue weighted by molar-refractivity contribution is -0.925. The minimum Gasteiger partial charge on any atom is -0.748 e. The van der Waals surface area contributed by atoms with Gasteiger partial charge in [-0.1, -0.05) is 6.58 Å². The average molecular weight is 334 g/mol. The third-order valence-corrected chi connectivity index (χ3v) is 4.96.